The summed E-state index contributed by atoms with van der Waals surface area (Å²) < 4.78 is 7.44. The van der Waals surface area contributed by atoms with E-state index in [0.29, 0.717) is 30.2 Å². The highest BCUT2D eigenvalue weighted by molar-refractivity contribution is 5.82. The smallest absolute Gasteiger partial charge is 0.410 e. The van der Waals surface area contributed by atoms with E-state index in [1.165, 1.54) is 0 Å². The molecule has 5 rings (SSSR count). The van der Waals surface area contributed by atoms with E-state index in [1.807, 2.05) is 68.8 Å². The molecule has 2 saturated heterocycles. The number of aryl methyl sites for hydroxylation is 1. The molecule has 3 aromatic rings. The summed E-state index contributed by atoms with van der Waals surface area (Å²) in [7, 11) is 2.12. The van der Waals surface area contributed by atoms with E-state index < -0.39 is 5.60 Å². The third-order valence-electron chi connectivity index (χ3n) is 7.74. The standard InChI is InChI=1S/C30H40N6O3/c1-20-8-6-7-9-24(20)25-18-21-19-31-28(32-22-10-16-35(17-11-22)29(38)39-30(2,3)4)33-26(21)36(27(25)37)23-12-14-34(5)15-13-23/h6-9,18-19,22-23H,10-17H2,1-5H3,(H,31,32,33). The Morgan fingerprint density at radius 1 is 1.03 bits per heavy atom. The van der Waals surface area contributed by atoms with Crippen LogP contribution in [0, 0.1) is 6.92 Å². The summed E-state index contributed by atoms with van der Waals surface area (Å²) in [4.78, 5) is 40.1. The van der Waals surface area contributed by atoms with Crippen molar-refractivity contribution >= 4 is 23.1 Å². The molecule has 0 saturated carbocycles. The lowest BCUT2D eigenvalue weighted by atomic mass is 9.99. The van der Waals surface area contributed by atoms with Crippen molar-refractivity contribution in [3.63, 3.8) is 0 Å². The maximum absolute atomic E-state index is 14.0. The van der Waals surface area contributed by atoms with E-state index in [9.17, 15) is 9.59 Å². The average molecular weight is 533 g/mol. The fourth-order valence-electron chi connectivity index (χ4n) is 5.57. The number of hydrogen-bond acceptors (Lipinski definition) is 7. The van der Waals surface area contributed by atoms with Gasteiger partial charge < -0.3 is 19.9 Å². The van der Waals surface area contributed by atoms with E-state index in [-0.39, 0.29) is 23.7 Å². The molecule has 4 heterocycles. The lowest BCUT2D eigenvalue weighted by Gasteiger charge is -2.33. The molecule has 2 aliphatic rings. The fraction of sp³-hybridized carbons (Fsp3) is 0.533. The minimum atomic E-state index is -0.506. The second-order valence-electron chi connectivity index (χ2n) is 11.9. The number of likely N-dealkylation sites (tertiary alicyclic amines) is 2. The lowest BCUT2D eigenvalue weighted by Crippen LogP contribution is -2.44. The zero-order chi connectivity index (χ0) is 27.7. The van der Waals surface area contributed by atoms with Gasteiger partial charge in [-0.15, -0.1) is 0 Å². The number of fused-ring (bicyclic) bond motifs is 1. The van der Waals surface area contributed by atoms with Crippen LogP contribution >= 0.6 is 0 Å². The highest BCUT2D eigenvalue weighted by Crippen LogP contribution is 2.29. The van der Waals surface area contributed by atoms with Gasteiger partial charge in [0, 0.05) is 42.3 Å². The summed E-state index contributed by atoms with van der Waals surface area (Å²) in [5, 5.41) is 4.33. The third kappa shape index (κ3) is 6.08. The molecular weight excluding hydrogens is 492 g/mol. The summed E-state index contributed by atoms with van der Waals surface area (Å²) >= 11 is 0. The Labute approximate surface area is 230 Å². The Hall–Kier alpha value is -3.46. The van der Waals surface area contributed by atoms with Crippen molar-refractivity contribution in [3.8, 4) is 11.1 Å². The molecule has 0 radical (unpaired) electrons. The minimum absolute atomic E-state index is 0.00155. The van der Waals surface area contributed by atoms with Crippen molar-refractivity contribution in [2.24, 2.45) is 0 Å². The number of nitrogens with one attached hydrogen (secondary N) is 1. The molecule has 0 spiro atoms. The van der Waals surface area contributed by atoms with Crippen molar-refractivity contribution in [2.45, 2.75) is 71.1 Å². The van der Waals surface area contributed by atoms with Gasteiger partial charge in [0.25, 0.3) is 5.56 Å². The molecule has 0 bridgehead atoms. The Balaban J connectivity index is 1.43. The number of amides is 1. The van der Waals surface area contributed by atoms with Gasteiger partial charge in [-0.1, -0.05) is 24.3 Å². The first-order chi connectivity index (χ1) is 18.6. The van der Waals surface area contributed by atoms with Gasteiger partial charge in [0.2, 0.25) is 5.95 Å². The number of benzene rings is 1. The zero-order valence-corrected chi connectivity index (χ0v) is 23.7. The van der Waals surface area contributed by atoms with Crippen LogP contribution in [0.1, 0.15) is 58.1 Å². The van der Waals surface area contributed by atoms with Crippen LogP contribution in [0.2, 0.25) is 0 Å². The molecule has 9 heteroatoms. The van der Waals surface area contributed by atoms with Gasteiger partial charge in [0.05, 0.1) is 0 Å². The van der Waals surface area contributed by atoms with Crippen LogP contribution in [0.5, 0.6) is 0 Å². The largest absolute Gasteiger partial charge is 0.444 e. The average Bonchev–Trinajstić information content (AvgIpc) is 2.89. The number of pyridine rings is 1. The summed E-state index contributed by atoms with van der Waals surface area (Å²) in [6.07, 6.45) is 4.91. The summed E-state index contributed by atoms with van der Waals surface area (Å²) in [5.41, 5.74) is 2.88. The maximum atomic E-state index is 14.0. The summed E-state index contributed by atoms with van der Waals surface area (Å²) in [6, 6.07) is 10.2. The Morgan fingerprint density at radius 3 is 2.38 bits per heavy atom. The molecule has 2 aliphatic heterocycles. The number of hydrogen-bond donors (Lipinski definition) is 1. The second kappa shape index (κ2) is 11.0. The second-order valence-corrected chi connectivity index (χ2v) is 11.9. The molecule has 0 aliphatic carbocycles. The lowest BCUT2D eigenvalue weighted by molar-refractivity contribution is 0.0210. The SMILES string of the molecule is Cc1ccccc1-c1cc2cnc(NC3CCN(C(=O)OC(C)(C)C)CC3)nc2n(C2CCN(C)CC2)c1=O. The summed E-state index contributed by atoms with van der Waals surface area (Å²) in [6.45, 7) is 10.8. The highest BCUT2D eigenvalue weighted by atomic mass is 16.6. The molecule has 0 atom stereocenters. The van der Waals surface area contributed by atoms with Crippen molar-refractivity contribution < 1.29 is 9.53 Å². The molecule has 208 valence electrons. The summed E-state index contributed by atoms with van der Waals surface area (Å²) in [5.74, 6) is 0.517. The van der Waals surface area contributed by atoms with E-state index in [4.69, 9.17) is 9.72 Å². The molecule has 1 aromatic carbocycles. The molecule has 0 unspecified atom stereocenters. The molecule has 1 N–H and O–H groups in total. The van der Waals surface area contributed by atoms with Crippen LogP contribution in [-0.2, 0) is 4.74 Å². The minimum Gasteiger partial charge on any atom is -0.444 e. The van der Waals surface area contributed by atoms with Crippen LogP contribution < -0.4 is 10.9 Å². The number of rotatable bonds is 4. The van der Waals surface area contributed by atoms with Crippen LogP contribution in [0.15, 0.2) is 41.3 Å². The number of piperidine rings is 2. The molecule has 9 nitrogen and oxygen atoms in total. The van der Waals surface area contributed by atoms with Gasteiger partial charge in [-0.05, 0) is 90.7 Å². The molecule has 2 aromatic heterocycles. The first-order valence-corrected chi connectivity index (χ1v) is 14.0. The number of aromatic nitrogens is 3. The molecular formula is C30H40N6O3. The van der Waals surface area contributed by atoms with Crippen molar-refractivity contribution in [3.05, 3.63) is 52.4 Å². The van der Waals surface area contributed by atoms with Crippen molar-refractivity contribution in [2.75, 3.05) is 38.5 Å². The van der Waals surface area contributed by atoms with E-state index in [0.717, 1.165) is 55.3 Å². The number of carbonyl (C=O) groups is 1. The van der Waals surface area contributed by atoms with Crippen molar-refractivity contribution in [1.82, 2.24) is 24.3 Å². The third-order valence-corrected chi connectivity index (χ3v) is 7.74. The molecule has 2 fully saturated rings. The Kier molecular flexibility index (Phi) is 7.62. The van der Waals surface area contributed by atoms with Gasteiger partial charge in [0.15, 0.2) is 0 Å². The van der Waals surface area contributed by atoms with E-state index in [1.54, 1.807) is 4.90 Å². The maximum Gasteiger partial charge on any atom is 0.410 e. The van der Waals surface area contributed by atoms with Crippen molar-refractivity contribution in [1.29, 1.82) is 0 Å². The first-order valence-electron chi connectivity index (χ1n) is 14.0. The number of nitrogens with zero attached hydrogens (tertiary/aromatic N) is 5. The van der Waals surface area contributed by atoms with Crippen LogP contribution in [-0.4, -0.2) is 75.3 Å². The van der Waals surface area contributed by atoms with Crippen LogP contribution in [0.3, 0.4) is 0 Å². The van der Waals surface area contributed by atoms with Gasteiger partial charge in [-0.2, -0.15) is 4.98 Å². The van der Waals surface area contributed by atoms with E-state index >= 15 is 0 Å². The fourth-order valence-corrected chi connectivity index (χ4v) is 5.57. The molecule has 1 amide bonds. The number of carbonyl (C=O) groups excluding carboxylic acids is 1. The van der Waals surface area contributed by atoms with E-state index in [2.05, 4.69) is 22.2 Å². The van der Waals surface area contributed by atoms with Gasteiger partial charge in [0.1, 0.15) is 11.2 Å². The normalized spacial score (nSPS) is 17.9. The van der Waals surface area contributed by atoms with Gasteiger partial charge in [-0.3, -0.25) is 9.36 Å². The molecule has 39 heavy (non-hydrogen) atoms. The number of ether oxygens (including phenoxy) is 1. The number of anilines is 1. The topological polar surface area (TPSA) is 92.6 Å². The van der Waals surface area contributed by atoms with Crippen LogP contribution in [0.25, 0.3) is 22.2 Å². The van der Waals surface area contributed by atoms with Gasteiger partial charge in [-0.25, -0.2) is 9.78 Å². The highest BCUT2D eigenvalue weighted by Gasteiger charge is 2.28. The Morgan fingerprint density at radius 2 is 1.72 bits per heavy atom. The Bertz CT molecular complexity index is 1400. The van der Waals surface area contributed by atoms with Crippen LogP contribution in [0.4, 0.5) is 10.7 Å². The predicted octanol–water partition coefficient (Wildman–Crippen LogP) is 4.85. The predicted molar refractivity (Wildman–Crippen MR) is 154 cm³/mol. The quantitative estimate of drug-likeness (QED) is 0.514. The zero-order valence-electron chi connectivity index (χ0n) is 23.7. The first kappa shape index (κ1) is 27.1. The monoisotopic (exact) mass is 532 g/mol. The van der Waals surface area contributed by atoms with Gasteiger partial charge >= 0.3 is 6.09 Å².